The van der Waals surface area contributed by atoms with Gasteiger partial charge in [-0.15, -0.1) is 11.8 Å². The molecule has 2 heterocycles. The number of carboxylic acid groups (broad SMARTS) is 1. The fraction of sp³-hybridized carbons (Fsp3) is 0.143. The van der Waals surface area contributed by atoms with Crippen LogP contribution in [-0.2, 0) is 5.75 Å². The molecule has 1 atom stereocenters. The van der Waals surface area contributed by atoms with Crippen LogP contribution in [-0.4, -0.2) is 28.0 Å². The molecule has 1 aliphatic heterocycles. The van der Waals surface area contributed by atoms with Crippen LogP contribution in [0, 0.1) is 0 Å². The first kappa shape index (κ1) is 18.9. The van der Waals surface area contributed by atoms with Crippen molar-refractivity contribution in [1.29, 1.82) is 0 Å². The van der Waals surface area contributed by atoms with Gasteiger partial charge in [-0.3, -0.25) is 9.47 Å². The molecule has 3 N–H and O–H groups in total. The highest BCUT2D eigenvalue weighted by Crippen LogP contribution is 2.41. The van der Waals surface area contributed by atoms with Crippen LogP contribution in [0.15, 0.2) is 64.4 Å². The first-order chi connectivity index (χ1) is 14.0. The minimum Gasteiger partial charge on any atom is -0.502 e. The lowest BCUT2D eigenvalue weighted by Crippen LogP contribution is -2.28. The summed E-state index contributed by atoms with van der Waals surface area (Å²) >= 11 is 1.68. The molecule has 1 aromatic heterocycles. The molecule has 4 rings (SSSR count). The van der Waals surface area contributed by atoms with Crippen molar-refractivity contribution in [1.82, 2.24) is 4.68 Å². The molecule has 0 bridgehead atoms. The first-order valence-corrected chi connectivity index (χ1v) is 9.81. The number of methoxy groups -OCH3 is 1. The van der Waals surface area contributed by atoms with Gasteiger partial charge in [-0.2, -0.15) is 0 Å². The molecule has 0 saturated heterocycles. The number of ether oxygens (including phenoxy) is 1. The lowest BCUT2D eigenvalue weighted by atomic mass is 9.95. The third-order valence-electron chi connectivity index (χ3n) is 4.82. The molecule has 0 amide bonds. The molecule has 148 valence electrons. The van der Waals surface area contributed by atoms with Crippen molar-refractivity contribution in [2.24, 2.45) is 0 Å². The summed E-state index contributed by atoms with van der Waals surface area (Å²) in [5.74, 6) is -0.782. The van der Waals surface area contributed by atoms with Crippen LogP contribution in [0.1, 0.15) is 33.2 Å². The summed E-state index contributed by atoms with van der Waals surface area (Å²) in [6.07, 6.45) is 1.31. The number of aromatic carboxylic acids is 1. The number of thioether (sulfide) groups is 1. The highest BCUT2D eigenvalue weighted by Gasteiger charge is 2.27. The van der Waals surface area contributed by atoms with Crippen molar-refractivity contribution < 1.29 is 19.7 Å². The van der Waals surface area contributed by atoms with Crippen molar-refractivity contribution in [3.8, 4) is 11.5 Å². The summed E-state index contributed by atoms with van der Waals surface area (Å²) in [5, 5.41) is 19.6. The second kappa shape index (κ2) is 7.56. The zero-order chi connectivity index (χ0) is 20.5. The van der Waals surface area contributed by atoms with Gasteiger partial charge < -0.3 is 20.4 Å². The number of carboxylic acids is 1. The number of hydrogen-bond acceptors (Lipinski definition) is 6. The fourth-order valence-electron chi connectivity index (χ4n) is 3.40. The zero-order valence-electron chi connectivity index (χ0n) is 15.5. The standard InChI is InChI=1S/C21H18N2O5S/c1-28-13-6-7-17-15(10-13)18(14-5-3-2-4-12(14)11-29-17)22-23-9-8-16(24)20(25)19(23)21(26)27/h2-10,18,22,25H,11H2,1H3,(H,26,27). The van der Waals surface area contributed by atoms with E-state index in [0.29, 0.717) is 5.75 Å². The molecule has 0 aliphatic carbocycles. The van der Waals surface area contributed by atoms with Crippen molar-refractivity contribution in [2.75, 3.05) is 12.5 Å². The van der Waals surface area contributed by atoms with Crippen LogP contribution in [0.5, 0.6) is 11.5 Å². The summed E-state index contributed by atoms with van der Waals surface area (Å²) in [6.45, 7) is 0. The van der Waals surface area contributed by atoms with E-state index < -0.39 is 28.9 Å². The number of carbonyl (C=O) groups is 1. The maximum Gasteiger partial charge on any atom is 0.358 e. The van der Waals surface area contributed by atoms with Gasteiger partial charge in [0.1, 0.15) is 5.75 Å². The summed E-state index contributed by atoms with van der Waals surface area (Å²) in [6, 6.07) is 14.3. The minimum absolute atomic E-state index is 0.425. The van der Waals surface area contributed by atoms with Gasteiger partial charge >= 0.3 is 5.97 Å². The van der Waals surface area contributed by atoms with Crippen molar-refractivity contribution >= 4 is 17.7 Å². The largest absolute Gasteiger partial charge is 0.502 e. The Balaban J connectivity index is 1.91. The molecular weight excluding hydrogens is 392 g/mol. The highest BCUT2D eigenvalue weighted by molar-refractivity contribution is 7.98. The lowest BCUT2D eigenvalue weighted by molar-refractivity contribution is 0.0681. The van der Waals surface area contributed by atoms with Gasteiger partial charge in [0.15, 0.2) is 11.4 Å². The average Bonchev–Trinajstić information content (AvgIpc) is 2.87. The van der Waals surface area contributed by atoms with E-state index in [-0.39, 0.29) is 0 Å². The van der Waals surface area contributed by atoms with E-state index in [1.165, 1.54) is 10.9 Å². The third-order valence-corrected chi connectivity index (χ3v) is 5.96. The molecule has 0 fully saturated rings. The maximum atomic E-state index is 11.7. The number of fused-ring (bicyclic) bond motifs is 2. The predicted molar refractivity (Wildman–Crippen MR) is 110 cm³/mol. The van der Waals surface area contributed by atoms with Crippen LogP contribution in [0.25, 0.3) is 0 Å². The number of pyridine rings is 1. The molecule has 2 aromatic carbocycles. The zero-order valence-corrected chi connectivity index (χ0v) is 16.3. The van der Waals surface area contributed by atoms with E-state index in [9.17, 15) is 19.8 Å². The average molecular weight is 410 g/mol. The van der Waals surface area contributed by atoms with Gasteiger partial charge in [0.05, 0.1) is 13.2 Å². The van der Waals surface area contributed by atoms with Gasteiger partial charge in [-0.25, -0.2) is 4.79 Å². The second-order valence-electron chi connectivity index (χ2n) is 6.51. The Morgan fingerprint density at radius 3 is 2.76 bits per heavy atom. The van der Waals surface area contributed by atoms with E-state index in [1.54, 1.807) is 18.9 Å². The first-order valence-electron chi connectivity index (χ1n) is 8.82. The van der Waals surface area contributed by atoms with E-state index in [4.69, 9.17) is 4.74 Å². The van der Waals surface area contributed by atoms with Gasteiger partial charge in [0.2, 0.25) is 5.43 Å². The van der Waals surface area contributed by atoms with Crippen LogP contribution in [0.4, 0.5) is 0 Å². The van der Waals surface area contributed by atoms with Crippen LogP contribution in [0.2, 0.25) is 0 Å². The Kier molecular flexibility index (Phi) is 4.94. The van der Waals surface area contributed by atoms with Gasteiger partial charge in [0, 0.05) is 22.9 Å². The fourth-order valence-corrected chi connectivity index (χ4v) is 4.48. The highest BCUT2D eigenvalue weighted by atomic mass is 32.2. The number of aromatic hydroxyl groups is 1. The second-order valence-corrected chi connectivity index (χ2v) is 7.52. The van der Waals surface area contributed by atoms with E-state index in [2.05, 4.69) is 5.43 Å². The molecule has 0 saturated carbocycles. The number of nitrogens with one attached hydrogen (secondary N) is 1. The van der Waals surface area contributed by atoms with E-state index in [0.717, 1.165) is 33.4 Å². The molecule has 1 unspecified atom stereocenters. The topological polar surface area (TPSA) is 101 Å². The molecule has 1 aliphatic rings. The number of benzene rings is 2. The Morgan fingerprint density at radius 1 is 1.21 bits per heavy atom. The quantitative estimate of drug-likeness (QED) is 0.607. The third kappa shape index (κ3) is 3.42. The van der Waals surface area contributed by atoms with Crippen molar-refractivity contribution in [3.63, 3.8) is 0 Å². The summed E-state index contributed by atoms with van der Waals surface area (Å²) < 4.78 is 6.57. The minimum atomic E-state index is -1.41. The van der Waals surface area contributed by atoms with Crippen LogP contribution < -0.4 is 15.6 Å². The monoisotopic (exact) mass is 410 g/mol. The summed E-state index contributed by atoms with van der Waals surface area (Å²) in [5.41, 5.74) is 4.89. The Bertz CT molecular complexity index is 1160. The lowest BCUT2D eigenvalue weighted by Gasteiger charge is -2.25. The number of rotatable bonds is 4. The van der Waals surface area contributed by atoms with Gasteiger partial charge in [0.25, 0.3) is 0 Å². The molecule has 0 radical (unpaired) electrons. The maximum absolute atomic E-state index is 11.7. The van der Waals surface area contributed by atoms with Crippen molar-refractivity contribution in [3.05, 3.63) is 87.3 Å². The number of nitrogens with zero attached hydrogens (tertiary/aromatic N) is 1. The molecular formula is C21H18N2O5S. The number of aromatic nitrogens is 1. The van der Waals surface area contributed by atoms with Crippen molar-refractivity contribution in [2.45, 2.75) is 16.7 Å². The van der Waals surface area contributed by atoms with Crippen LogP contribution in [0.3, 0.4) is 0 Å². The Morgan fingerprint density at radius 2 is 2.00 bits per heavy atom. The predicted octanol–water partition coefficient (Wildman–Crippen LogP) is 3.20. The molecule has 8 heteroatoms. The van der Waals surface area contributed by atoms with Gasteiger partial charge in [-0.05, 0) is 34.9 Å². The Hall–Kier alpha value is -3.39. The number of hydrogen-bond donors (Lipinski definition) is 3. The SMILES string of the molecule is COc1ccc2c(c1)C(Nn1ccc(=O)c(O)c1C(=O)O)c1ccccc1CS2. The molecule has 0 spiro atoms. The summed E-state index contributed by atoms with van der Waals surface area (Å²) in [4.78, 5) is 24.5. The summed E-state index contributed by atoms with van der Waals surface area (Å²) in [7, 11) is 1.59. The smallest absolute Gasteiger partial charge is 0.358 e. The molecule has 29 heavy (non-hydrogen) atoms. The van der Waals surface area contributed by atoms with Crippen LogP contribution >= 0.6 is 11.8 Å². The molecule has 3 aromatic rings. The Labute approximate surface area is 170 Å². The normalized spacial score (nSPS) is 15.0. The molecule has 7 nitrogen and oxygen atoms in total. The van der Waals surface area contributed by atoms with E-state index >= 15 is 0 Å². The van der Waals surface area contributed by atoms with Gasteiger partial charge in [-0.1, -0.05) is 24.3 Å². The van der Waals surface area contributed by atoms with E-state index in [1.807, 2.05) is 42.5 Å².